The van der Waals surface area contributed by atoms with Crippen molar-refractivity contribution in [3.05, 3.63) is 81.5 Å². The van der Waals surface area contributed by atoms with Gasteiger partial charge in [0.15, 0.2) is 0 Å². The number of rotatable bonds is 12. The molecule has 4 aromatic rings. The Morgan fingerprint density at radius 1 is 0.868 bits per heavy atom. The van der Waals surface area contributed by atoms with Gasteiger partial charge in [-0.25, -0.2) is 4.98 Å². The second-order valence-electron chi connectivity index (χ2n) is 15.0. The van der Waals surface area contributed by atoms with Crippen LogP contribution >= 0.6 is 11.6 Å². The van der Waals surface area contributed by atoms with E-state index in [4.69, 9.17) is 26.1 Å². The number of aliphatic hydroxyl groups is 2. The number of aromatic nitrogens is 3. The van der Waals surface area contributed by atoms with Crippen LogP contribution in [0.25, 0.3) is 22.5 Å². The second-order valence-corrected chi connectivity index (χ2v) is 15.4. The monoisotopic (exact) mass is 752 g/mol. The van der Waals surface area contributed by atoms with E-state index >= 15 is 0 Å². The zero-order valence-corrected chi connectivity index (χ0v) is 30.8. The van der Waals surface area contributed by atoms with Gasteiger partial charge in [0.1, 0.15) is 5.82 Å². The molecule has 2 saturated carbocycles. The average Bonchev–Trinajstić information content (AvgIpc) is 3.50. The van der Waals surface area contributed by atoms with Crippen molar-refractivity contribution in [3.63, 3.8) is 0 Å². The number of hydrogen-bond acceptors (Lipinski definition) is 10. The van der Waals surface area contributed by atoms with Crippen LogP contribution in [0.1, 0.15) is 79.8 Å². The largest absolute Gasteiger partial charge is 0.481 e. The fourth-order valence-electron chi connectivity index (χ4n) is 7.92. The van der Waals surface area contributed by atoms with Crippen molar-refractivity contribution in [1.82, 2.24) is 25.6 Å². The van der Waals surface area contributed by atoms with Crippen molar-refractivity contribution in [2.24, 2.45) is 0 Å². The van der Waals surface area contributed by atoms with Crippen LogP contribution in [0, 0.1) is 0 Å². The molecule has 0 spiro atoms. The Labute approximate surface area is 311 Å². The maximum absolute atomic E-state index is 14.5. The summed E-state index contributed by atoms with van der Waals surface area (Å²) in [5.41, 5.74) is 3.30. The van der Waals surface area contributed by atoms with Crippen molar-refractivity contribution in [2.45, 2.75) is 101 Å². The molecule has 0 amide bonds. The molecular formula is C39H44ClF3N6O4. The van der Waals surface area contributed by atoms with E-state index in [1.54, 1.807) is 26.3 Å². The molecule has 0 radical (unpaired) electrons. The first-order chi connectivity index (χ1) is 25.1. The predicted octanol–water partition coefficient (Wildman–Crippen LogP) is 7.00. The van der Waals surface area contributed by atoms with E-state index in [9.17, 15) is 23.4 Å². The summed E-state index contributed by atoms with van der Waals surface area (Å²) in [5.74, 6) is 0.260. The predicted molar refractivity (Wildman–Crippen MR) is 196 cm³/mol. The van der Waals surface area contributed by atoms with Crippen LogP contribution in [0.15, 0.2) is 48.7 Å². The van der Waals surface area contributed by atoms with Gasteiger partial charge in [0.05, 0.1) is 53.4 Å². The van der Waals surface area contributed by atoms with E-state index < -0.39 is 29.0 Å². The summed E-state index contributed by atoms with van der Waals surface area (Å²) in [5, 5.41) is 30.2. The SMILES string of the molecule is COc1nc(-c2ccnc(-c3cccc4c3CC[C@H]4Nc3nc(OC)c(CNC4CC(C)(O)C4)cc3C(F)(F)F)c2Cl)ccc1CNC1CC(C)(O)C1. The number of nitrogens with zero attached hydrogens (tertiary/aromatic N) is 3. The Morgan fingerprint density at radius 2 is 1.51 bits per heavy atom. The molecule has 1 atom stereocenters. The first-order valence-electron chi connectivity index (χ1n) is 17.8. The summed E-state index contributed by atoms with van der Waals surface area (Å²) < 4.78 is 54.5. The highest BCUT2D eigenvalue weighted by atomic mass is 35.5. The van der Waals surface area contributed by atoms with Crippen molar-refractivity contribution in [3.8, 4) is 34.3 Å². The number of benzene rings is 1. The van der Waals surface area contributed by atoms with Crippen LogP contribution < -0.4 is 25.4 Å². The fourth-order valence-corrected chi connectivity index (χ4v) is 8.23. The van der Waals surface area contributed by atoms with Gasteiger partial charge in [0.2, 0.25) is 11.8 Å². The van der Waals surface area contributed by atoms with Crippen LogP contribution in [-0.4, -0.2) is 62.7 Å². The summed E-state index contributed by atoms with van der Waals surface area (Å²) in [6.45, 7) is 4.23. The molecule has 10 nitrogen and oxygen atoms in total. The van der Waals surface area contributed by atoms with E-state index in [1.165, 1.54) is 7.11 Å². The number of ether oxygens (including phenoxy) is 2. The molecule has 0 aliphatic heterocycles. The number of halogens is 4. The van der Waals surface area contributed by atoms with Gasteiger partial charge in [-0.15, -0.1) is 0 Å². The molecule has 5 N–H and O–H groups in total. The summed E-state index contributed by atoms with van der Waals surface area (Å²) in [6.07, 6.45) is 0.538. The third kappa shape index (κ3) is 7.81. The van der Waals surface area contributed by atoms with Gasteiger partial charge in [0, 0.05) is 53.6 Å². The Bertz CT molecular complexity index is 1990. The number of hydrogen-bond donors (Lipinski definition) is 5. The lowest BCUT2D eigenvalue weighted by Gasteiger charge is -2.41. The van der Waals surface area contributed by atoms with Crippen molar-refractivity contribution in [2.75, 3.05) is 19.5 Å². The molecule has 1 aromatic carbocycles. The van der Waals surface area contributed by atoms with Crippen LogP contribution in [-0.2, 0) is 25.7 Å². The van der Waals surface area contributed by atoms with Gasteiger partial charge in [-0.3, -0.25) is 4.98 Å². The number of anilines is 1. The molecule has 2 fully saturated rings. The highest BCUT2D eigenvalue weighted by Crippen LogP contribution is 2.45. The molecule has 3 heterocycles. The quantitative estimate of drug-likeness (QED) is 0.103. The van der Waals surface area contributed by atoms with Gasteiger partial charge < -0.3 is 35.6 Å². The molecule has 7 rings (SSSR count). The lowest BCUT2D eigenvalue weighted by molar-refractivity contribution is -0.137. The highest BCUT2D eigenvalue weighted by Gasteiger charge is 2.40. The van der Waals surface area contributed by atoms with Gasteiger partial charge in [-0.05, 0) is 81.7 Å². The summed E-state index contributed by atoms with van der Waals surface area (Å²) >= 11 is 7.07. The normalized spacial score (nSPS) is 25.0. The minimum atomic E-state index is -4.66. The van der Waals surface area contributed by atoms with Gasteiger partial charge in [-0.1, -0.05) is 35.9 Å². The van der Waals surface area contributed by atoms with E-state index in [0.29, 0.717) is 72.9 Å². The number of nitrogens with one attached hydrogen (secondary N) is 3. The molecule has 282 valence electrons. The molecule has 3 aromatic heterocycles. The van der Waals surface area contributed by atoms with Crippen LogP contribution in [0.2, 0.25) is 5.02 Å². The van der Waals surface area contributed by atoms with E-state index in [-0.39, 0.29) is 35.9 Å². The lowest BCUT2D eigenvalue weighted by atomic mass is 9.77. The third-order valence-electron chi connectivity index (χ3n) is 10.6. The first kappa shape index (κ1) is 37.3. The molecule has 0 unspecified atom stereocenters. The Hall–Kier alpha value is -4.01. The first-order valence-corrected chi connectivity index (χ1v) is 18.2. The zero-order chi connectivity index (χ0) is 37.7. The number of alkyl halides is 3. The standard InChI is InChI=1S/C39H44ClF3N6O4/c1-37(50)15-23(16-37)45-19-21-8-10-31(48-35(21)52-3)28-12-13-44-33(32(28)40)27-7-5-6-26-25(27)9-11-30(26)47-34-29(39(41,42)43)14-22(36(49-34)53-4)20-46-24-17-38(2,51)18-24/h5-8,10,12-14,23-24,30,45-46,50-51H,9,11,15-20H2,1-4H3,(H,47,49)/t23?,24?,30-,37?,38?/m1/s1. The van der Waals surface area contributed by atoms with Crippen molar-refractivity contribution >= 4 is 17.4 Å². The molecule has 3 aliphatic rings. The Kier molecular flexibility index (Phi) is 10.1. The van der Waals surface area contributed by atoms with Gasteiger partial charge in [-0.2, -0.15) is 18.2 Å². The summed E-state index contributed by atoms with van der Waals surface area (Å²) in [6, 6.07) is 12.2. The topological polar surface area (TPSA) is 134 Å². The number of pyridine rings is 3. The molecule has 3 aliphatic carbocycles. The number of fused-ring (bicyclic) bond motifs is 1. The van der Waals surface area contributed by atoms with Crippen molar-refractivity contribution in [1.29, 1.82) is 0 Å². The maximum Gasteiger partial charge on any atom is 0.419 e. The van der Waals surface area contributed by atoms with Gasteiger partial charge in [0.25, 0.3) is 0 Å². The summed E-state index contributed by atoms with van der Waals surface area (Å²) in [7, 11) is 2.96. The Balaban J connectivity index is 1.13. The average molecular weight is 753 g/mol. The van der Waals surface area contributed by atoms with Gasteiger partial charge >= 0.3 is 6.18 Å². The highest BCUT2D eigenvalue weighted by molar-refractivity contribution is 6.35. The lowest BCUT2D eigenvalue weighted by Crippen LogP contribution is -2.51. The summed E-state index contributed by atoms with van der Waals surface area (Å²) in [4.78, 5) is 13.7. The van der Waals surface area contributed by atoms with Crippen LogP contribution in [0.3, 0.4) is 0 Å². The molecule has 14 heteroatoms. The fraction of sp³-hybridized carbons (Fsp3) is 0.462. The third-order valence-corrected chi connectivity index (χ3v) is 11.0. The molecular weight excluding hydrogens is 709 g/mol. The molecule has 0 bridgehead atoms. The van der Waals surface area contributed by atoms with Crippen LogP contribution in [0.5, 0.6) is 11.8 Å². The van der Waals surface area contributed by atoms with Crippen LogP contribution in [0.4, 0.5) is 19.0 Å². The number of methoxy groups -OCH3 is 2. The zero-order valence-electron chi connectivity index (χ0n) is 30.1. The van der Waals surface area contributed by atoms with E-state index in [1.807, 2.05) is 37.3 Å². The Morgan fingerprint density at radius 3 is 2.13 bits per heavy atom. The molecule has 0 saturated heterocycles. The molecule has 53 heavy (non-hydrogen) atoms. The minimum absolute atomic E-state index is 0.000507. The van der Waals surface area contributed by atoms with Crippen molar-refractivity contribution < 1.29 is 32.9 Å². The minimum Gasteiger partial charge on any atom is -0.481 e. The smallest absolute Gasteiger partial charge is 0.419 e. The second kappa shape index (κ2) is 14.3. The maximum atomic E-state index is 14.5. The van der Waals surface area contributed by atoms with E-state index in [2.05, 4.69) is 25.9 Å². The van der Waals surface area contributed by atoms with E-state index in [0.717, 1.165) is 28.3 Å².